The van der Waals surface area contributed by atoms with Crippen LogP contribution in [-0.4, -0.2) is 15.6 Å². The summed E-state index contributed by atoms with van der Waals surface area (Å²) in [6.45, 7) is 2.51. The molecule has 1 atom stereocenters. The van der Waals surface area contributed by atoms with Gasteiger partial charge in [0.15, 0.2) is 0 Å². The highest BCUT2D eigenvalue weighted by molar-refractivity contribution is 7.07. The van der Waals surface area contributed by atoms with E-state index in [0.717, 1.165) is 16.8 Å². The fourth-order valence-electron chi connectivity index (χ4n) is 2.27. The van der Waals surface area contributed by atoms with Crippen LogP contribution in [0, 0.1) is 0 Å². The van der Waals surface area contributed by atoms with Crippen molar-refractivity contribution in [2.45, 2.75) is 19.5 Å². The van der Waals surface area contributed by atoms with Crippen LogP contribution in [-0.2, 0) is 6.54 Å². The van der Waals surface area contributed by atoms with Crippen molar-refractivity contribution in [3.8, 4) is 5.69 Å². The Morgan fingerprint density at radius 3 is 3.04 bits per heavy atom. The van der Waals surface area contributed by atoms with Crippen LogP contribution in [0.5, 0.6) is 0 Å². The molecular formula is C17H18N4OS. The number of urea groups is 1. The number of nitrogens with one attached hydrogen (secondary N) is 2. The third kappa shape index (κ3) is 3.98. The van der Waals surface area contributed by atoms with E-state index in [1.54, 1.807) is 23.9 Å². The Kier molecular flexibility index (Phi) is 4.73. The van der Waals surface area contributed by atoms with E-state index in [4.69, 9.17) is 0 Å². The predicted octanol–water partition coefficient (Wildman–Crippen LogP) is 3.49. The average molecular weight is 326 g/mol. The first-order chi connectivity index (χ1) is 11.2. The molecule has 118 valence electrons. The Morgan fingerprint density at radius 1 is 1.39 bits per heavy atom. The van der Waals surface area contributed by atoms with Crippen LogP contribution < -0.4 is 10.6 Å². The minimum atomic E-state index is -0.170. The SMILES string of the molecule is C[C@H](NC(=O)NCc1ccsc1)c1cccc(-n2ccnc2)c1. The summed E-state index contributed by atoms with van der Waals surface area (Å²) in [6.07, 6.45) is 5.39. The minimum absolute atomic E-state index is 0.0825. The second-order valence-corrected chi connectivity index (χ2v) is 6.03. The molecule has 1 aromatic carbocycles. The first-order valence-corrected chi connectivity index (χ1v) is 8.30. The van der Waals surface area contributed by atoms with Gasteiger partial charge in [-0.3, -0.25) is 0 Å². The highest BCUT2D eigenvalue weighted by atomic mass is 32.1. The number of carbonyl (C=O) groups excluding carboxylic acids is 1. The number of hydrogen-bond donors (Lipinski definition) is 2. The number of aromatic nitrogens is 2. The van der Waals surface area contributed by atoms with E-state index in [0.29, 0.717) is 6.54 Å². The smallest absolute Gasteiger partial charge is 0.315 e. The van der Waals surface area contributed by atoms with Crippen LogP contribution in [0.1, 0.15) is 24.1 Å². The average Bonchev–Trinajstić information content (AvgIpc) is 3.26. The van der Waals surface area contributed by atoms with Crippen molar-refractivity contribution >= 4 is 17.4 Å². The first-order valence-electron chi connectivity index (χ1n) is 7.36. The van der Waals surface area contributed by atoms with Crippen molar-refractivity contribution < 1.29 is 4.79 Å². The normalized spacial score (nSPS) is 11.9. The first kappa shape index (κ1) is 15.3. The number of imidazole rings is 1. The molecule has 0 aliphatic rings. The number of hydrogen-bond acceptors (Lipinski definition) is 3. The molecule has 0 spiro atoms. The van der Waals surface area contributed by atoms with E-state index in [-0.39, 0.29) is 12.1 Å². The number of nitrogens with zero attached hydrogens (tertiary/aromatic N) is 2. The van der Waals surface area contributed by atoms with Crippen LogP contribution in [0.15, 0.2) is 59.8 Å². The maximum atomic E-state index is 12.0. The Balaban J connectivity index is 1.60. The highest BCUT2D eigenvalue weighted by Gasteiger charge is 2.10. The van der Waals surface area contributed by atoms with Crippen molar-refractivity contribution in [2.75, 3.05) is 0 Å². The molecule has 0 bridgehead atoms. The van der Waals surface area contributed by atoms with Crippen LogP contribution in [0.4, 0.5) is 4.79 Å². The zero-order valence-electron chi connectivity index (χ0n) is 12.8. The standard InChI is InChI=1S/C17H18N4OS/c1-13(20-17(22)19-10-14-5-8-23-11-14)15-3-2-4-16(9-15)21-7-6-18-12-21/h2-9,11-13H,10H2,1H3,(H2,19,20,22)/t13-/m0/s1. The summed E-state index contributed by atoms with van der Waals surface area (Å²) in [5, 5.41) is 9.85. The Morgan fingerprint density at radius 2 is 2.30 bits per heavy atom. The molecule has 0 fully saturated rings. The molecule has 2 aromatic heterocycles. The van der Waals surface area contributed by atoms with Gasteiger partial charge in [0.1, 0.15) is 0 Å². The van der Waals surface area contributed by atoms with Crippen molar-refractivity contribution in [1.82, 2.24) is 20.2 Å². The summed E-state index contributed by atoms with van der Waals surface area (Å²) in [4.78, 5) is 16.1. The van der Waals surface area contributed by atoms with Gasteiger partial charge in [0, 0.05) is 24.6 Å². The summed E-state index contributed by atoms with van der Waals surface area (Å²) >= 11 is 1.62. The maximum Gasteiger partial charge on any atom is 0.315 e. The van der Waals surface area contributed by atoms with E-state index >= 15 is 0 Å². The van der Waals surface area contributed by atoms with Crippen molar-refractivity contribution in [3.05, 3.63) is 70.9 Å². The fraction of sp³-hybridized carbons (Fsp3) is 0.176. The molecule has 0 saturated carbocycles. The zero-order valence-corrected chi connectivity index (χ0v) is 13.6. The van der Waals surface area contributed by atoms with Gasteiger partial charge in [-0.15, -0.1) is 0 Å². The van der Waals surface area contributed by atoms with Gasteiger partial charge in [0.2, 0.25) is 0 Å². The van der Waals surface area contributed by atoms with Gasteiger partial charge in [-0.1, -0.05) is 12.1 Å². The molecule has 3 rings (SSSR count). The lowest BCUT2D eigenvalue weighted by Gasteiger charge is -2.16. The monoisotopic (exact) mass is 326 g/mol. The molecule has 0 saturated heterocycles. The van der Waals surface area contributed by atoms with Crippen LogP contribution >= 0.6 is 11.3 Å². The van der Waals surface area contributed by atoms with E-state index in [9.17, 15) is 4.79 Å². The van der Waals surface area contributed by atoms with Crippen LogP contribution in [0.3, 0.4) is 0 Å². The largest absolute Gasteiger partial charge is 0.334 e. The van der Waals surface area contributed by atoms with Crippen LogP contribution in [0.25, 0.3) is 5.69 Å². The van der Waals surface area contributed by atoms with Gasteiger partial charge >= 0.3 is 6.03 Å². The van der Waals surface area contributed by atoms with Crippen molar-refractivity contribution in [2.24, 2.45) is 0 Å². The van der Waals surface area contributed by atoms with Gasteiger partial charge in [-0.2, -0.15) is 11.3 Å². The maximum absolute atomic E-state index is 12.0. The number of rotatable bonds is 5. The fourth-order valence-corrected chi connectivity index (χ4v) is 2.94. The number of benzene rings is 1. The zero-order chi connectivity index (χ0) is 16.1. The lowest BCUT2D eigenvalue weighted by atomic mass is 10.1. The summed E-state index contributed by atoms with van der Waals surface area (Å²) < 4.78 is 1.94. The van der Waals surface area contributed by atoms with Gasteiger partial charge in [0.05, 0.1) is 12.4 Å². The number of carbonyl (C=O) groups is 1. The van der Waals surface area contributed by atoms with Crippen LogP contribution in [0.2, 0.25) is 0 Å². The van der Waals surface area contributed by atoms with Crippen molar-refractivity contribution in [3.63, 3.8) is 0 Å². The summed E-state index contributed by atoms with van der Waals surface area (Å²) in [5.74, 6) is 0. The number of thiophene rings is 1. The lowest BCUT2D eigenvalue weighted by Crippen LogP contribution is -2.36. The van der Waals surface area contributed by atoms with Gasteiger partial charge in [-0.05, 0) is 47.0 Å². The second-order valence-electron chi connectivity index (χ2n) is 5.25. The van der Waals surface area contributed by atoms with E-state index in [1.165, 1.54) is 0 Å². The molecule has 6 heteroatoms. The Bertz CT molecular complexity index is 753. The molecule has 23 heavy (non-hydrogen) atoms. The summed E-state index contributed by atoms with van der Waals surface area (Å²) in [7, 11) is 0. The molecule has 3 aromatic rings. The van der Waals surface area contributed by atoms with Gasteiger partial charge in [-0.25, -0.2) is 9.78 Å². The second kappa shape index (κ2) is 7.11. The highest BCUT2D eigenvalue weighted by Crippen LogP contribution is 2.16. The molecule has 0 unspecified atom stereocenters. The lowest BCUT2D eigenvalue weighted by molar-refractivity contribution is 0.237. The molecule has 0 radical (unpaired) electrons. The number of amides is 2. The Labute approximate surface area is 139 Å². The summed E-state index contributed by atoms with van der Waals surface area (Å²) in [5.41, 5.74) is 3.18. The molecule has 0 aliphatic carbocycles. The molecule has 0 aliphatic heterocycles. The molecule has 2 N–H and O–H groups in total. The summed E-state index contributed by atoms with van der Waals surface area (Å²) in [6, 6.07) is 9.79. The molecule has 2 heterocycles. The topological polar surface area (TPSA) is 59.0 Å². The van der Waals surface area contributed by atoms with E-state index < -0.39 is 0 Å². The van der Waals surface area contributed by atoms with E-state index in [2.05, 4.69) is 15.6 Å². The quantitative estimate of drug-likeness (QED) is 0.754. The molecule has 2 amide bonds. The van der Waals surface area contributed by atoms with Gasteiger partial charge in [0.25, 0.3) is 0 Å². The minimum Gasteiger partial charge on any atom is -0.334 e. The van der Waals surface area contributed by atoms with Crippen molar-refractivity contribution in [1.29, 1.82) is 0 Å². The van der Waals surface area contributed by atoms with Gasteiger partial charge < -0.3 is 15.2 Å². The third-order valence-corrected chi connectivity index (χ3v) is 4.29. The Hall–Kier alpha value is -2.60. The predicted molar refractivity (Wildman–Crippen MR) is 91.7 cm³/mol. The van der Waals surface area contributed by atoms with E-state index in [1.807, 2.05) is 58.8 Å². The molecule has 5 nitrogen and oxygen atoms in total. The third-order valence-electron chi connectivity index (χ3n) is 3.55. The molecular weight excluding hydrogens is 308 g/mol.